The summed E-state index contributed by atoms with van der Waals surface area (Å²) in [4.78, 5) is 15.8. The summed E-state index contributed by atoms with van der Waals surface area (Å²) < 4.78 is 10.9. The fraction of sp³-hybridized carbons (Fsp3) is 0.348. The average Bonchev–Trinajstić information content (AvgIpc) is 2.74. The molecule has 1 unspecified atom stereocenters. The summed E-state index contributed by atoms with van der Waals surface area (Å²) >= 11 is 0. The SMILES string of the molecule is COc1cccc(C[NH+](C)CC(=O)N2CC=C(c3ccccc3)CC2)c1OC. The highest BCUT2D eigenvalue weighted by molar-refractivity contribution is 5.79. The van der Waals surface area contributed by atoms with Gasteiger partial charge in [-0.25, -0.2) is 0 Å². The van der Waals surface area contributed by atoms with Crippen molar-refractivity contribution in [1.29, 1.82) is 0 Å². The zero-order valence-electron chi connectivity index (χ0n) is 16.9. The van der Waals surface area contributed by atoms with Crippen molar-refractivity contribution in [3.8, 4) is 11.5 Å². The summed E-state index contributed by atoms with van der Waals surface area (Å²) in [6.45, 7) is 2.61. The van der Waals surface area contributed by atoms with Crippen LogP contribution in [0.5, 0.6) is 11.5 Å². The number of quaternary nitrogens is 1. The first-order valence-electron chi connectivity index (χ1n) is 9.65. The Balaban J connectivity index is 1.58. The third kappa shape index (κ3) is 4.73. The summed E-state index contributed by atoms with van der Waals surface area (Å²) in [6.07, 6.45) is 3.08. The van der Waals surface area contributed by atoms with Gasteiger partial charge in [-0.15, -0.1) is 0 Å². The van der Waals surface area contributed by atoms with Gasteiger partial charge in [0.25, 0.3) is 5.91 Å². The van der Waals surface area contributed by atoms with E-state index < -0.39 is 0 Å². The van der Waals surface area contributed by atoms with E-state index in [1.165, 1.54) is 11.1 Å². The molecule has 0 aliphatic carbocycles. The molecule has 0 bridgehead atoms. The third-order valence-electron chi connectivity index (χ3n) is 5.14. The molecule has 2 aromatic rings. The normalized spacial score (nSPS) is 15.0. The maximum atomic E-state index is 12.7. The van der Waals surface area contributed by atoms with E-state index in [1.807, 2.05) is 36.2 Å². The molecule has 0 aromatic heterocycles. The second kappa shape index (κ2) is 9.42. The van der Waals surface area contributed by atoms with Gasteiger partial charge in [0.15, 0.2) is 18.0 Å². The van der Waals surface area contributed by atoms with Crippen molar-refractivity contribution in [3.63, 3.8) is 0 Å². The monoisotopic (exact) mass is 381 g/mol. The van der Waals surface area contributed by atoms with Crippen LogP contribution in [0.3, 0.4) is 0 Å². The first-order chi connectivity index (χ1) is 13.6. The summed E-state index contributed by atoms with van der Waals surface area (Å²) in [5.74, 6) is 1.64. The lowest BCUT2D eigenvalue weighted by molar-refractivity contribution is -0.885. The zero-order chi connectivity index (χ0) is 19.9. The molecule has 5 nitrogen and oxygen atoms in total. The molecule has 0 radical (unpaired) electrons. The summed E-state index contributed by atoms with van der Waals surface area (Å²) in [5, 5.41) is 0. The Kier molecular flexibility index (Phi) is 6.71. The molecule has 1 atom stereocenters. The van der Waals surface area contributed by atoms with Gasteiger partial charge >= 0.3 is 0 Å². The first-order valence-corrected chi connectivity index (χ1v) is 9.65. The number of carbonyl (C=O) groups is 1. The van der Waals surface area contributed by atoms with E-state index in [0.717, 1.165) is 29.2 Å². The van der Waals surface area contributed by atoms with Crippen molar-refractivity contribution < 1.29 is 19.2 Å². The van der Waals surface area contributed by atoms with Crippen LogP contribution in [-0.2, 0) is 11.3 Å². The van der Waals surface area contributed by atoms with E-state index in [2.05, 4.69) is 30.3 Å². The average molecular weight is 381 g/mol. The molecule has 0 spiro atoms. The molecule has 0 fully saturated rings. The lowest BCUT2D eigenvalue weighted by Crippen LogP contribution is -3.08. The highest BCUT2D eigenvalue weighted by Crippen LogP contribution is 2.30. The molecule has 148 valence electrons. The summed E-state index contributed by atoms with van der Waals surface area (Å²) in [5.41, 5.74) is 3.62. The van der Waals surface area contributed by atoms with Crippen molar-refractivity contribution >= 4 is 11.5 Å². The Labute approximate surface area is 167 Å². The van der Waals surface area contributed by atoms with Gasteiger partial charge in [-0.1, -0.05) is 42.5 Å². The molecular weight excluding hydrogens is 352 g/mol. The second-order valence-electron chi connectivity index (χ2n) is 7.15. The molecule has 1 heterocycles. The standard InChI is InChI=1S/C23H28N2O3/c1-24(16-20-10-7-11-21(27-2)23(20)28-3)17-22(26)25-14-12-19(13-15-25)18-8-5-4-6-9-18/h4-12H,13-17H2,1-3H3/p+1. The highest BCUT2D eigenvalue weighted by Gasteiger charge is 2.22. The zero-order valence-corrected chi connectivity index (χ0v) is 16.9. The molecule has 1 aliphatic rings. The predicted octanol–water partition coefficient (Wildman–Crippen LogP) is 2.03. The Bertz CT molecular complexity index is 833. The third-order valence-corrected chi connectivity index (χ3v) is 5.14. The molecule has 2 aromatic carbocycles. The van der Waals surface area contributed by atoms with Crippen LogP contribution >= 0.6 is 0 Å². The van der Waals surface area contributed by atoms with Gasteiger partial charge in [-0.05, 0) is 29.7 Å². The number of methoxy groups -OCH3 is 2. The van der Waals surface area contributed by atoms with Gasteiger partial charge in [0.1, 0.15) is 6.54 Å². The van der Waals surface area contributed by atoms with Crippen LogP contribution in [0, 0.1) is 0 Å². The van der Waals surface area contributed by atoms with Gasteiger partial charge in [0.05, 0.1) is 26.8 Å². The van der Waals surface area contributed by atoms with Crippen LogP contribution in [0.15, 0.2) is 54.6 Å². The van der Waals surface area contributed by atoms with Gasteiger partial charge in [-0.2, -0.15) is 0 Å². The fourth-order valence-electron chi connectivity index (χ4n) is 3.66. The number of hydrogen-bond donors (Lipinski definition) is 1. The highest BCUT2D eigenvalue weighted by atomic mass is 16.5. The number of likely N-dealkylation sites (N-methyl/N-ethyl adjacent to an activating group) is 1. The molecule has 1 amide bonds. The summed E-state index contributed by atoms with van der Waals surface area (Å²) in [7, 11) is 5.31. The van der Waals surface area contributed by atoms with Crippen LogP contribution < -0.4 is 14.4 Å². The molecule has 0 saturated heterocycles. The van der Waals surface area contributed by atoms with E-state index in [0.29, 0.717) is 25.4 Å². The number of benzene rings is 2. The second-order valence-corrected chi connectivity index (χ2v) is 7.15. The van der Waals surface area contributed by atoms with Crippen molar-refractivity contribution in [3.05, 3.63) is 65.7 Å². The smallest absolute Gasteiger partial charge is 0.278 e. The largest absolute Gasteiger partial charge is 0.493 e. The maximum Gasteiger partial charge on any atom is 0.278 e. The lowest BCUT2D eigenvalue weighted by atomic mass is 9.99. The summed E-state index contributed by atoms with van der Waals surface area (Å²) in [6, 6.07) is 16.2. The number of nitrogens with zero attached hydrogens (tertiary/aromatic N) is 1. The van der Waals surface area contributed by atoms with Gasteiger partial charge in [0, 0.05) is 13.1 Å². The number of amides is 1. The van der Waals surface area contributed by atoms with E-state index in [1.54, 1.807) is 14.2 Å². The lowest BCUT2D eigenvalue weighted by Gasteiger charge is -2.27. The molecule has 3 rings (SSSR count). The van der Waals surface area contributed by atoms with Crippen LogP contribution in [-0.4, -0.2) is 51.7 Å². The molecule has 0 saturated carbocycles. The minimum Gasteiger partial charge on any atom is -0.493 e. The van der Waals surface area contributed by atoms with Crippen LogP contribution in [0.25, 0.3) is 5.57 Å². The minimum atomic E-state index is 0.183. The number of ether oxygens (including phenoxy) is 2. The van der Waals surface area contributed by atoms with Crippen molar-refractivity contribution in [2.24, 2.45) is 0 Å². The van der Waals surface area contributed by atoms with E-state index >= 15 is 0 Å². The fourth-order valence-corrected chi connectivity index (χ4v) is 3.66. The first kappa shape index (κ1) is 20.0. The van der Waals surface area contributed by atoms with E-state index in [4.69, 9.17) is 9.47 Å². The van der Waals surface area contributed by atoms with Crippen LogP contribution in [0.1, 0.15) is 17.5 Å². The van der Waals surface area contributed by atoms with Crippen molar-refractivity contribution in [2.45, 2.75) is 13.0 Å². The molecule has 1 aliphatic heterocycles. The Morgan fingerprint density at radius 1 is 1.07 bits per heavy atom. The number of carbonyl (C=O) groups excluding carboxylic acids is 1. The minimum absolute atomic E-state index is 0.183. The van der Waals surface area contributed by atoms with Gasteiger partial charge in [-0.3, -0.25) is 4.79 Å². The predicted molar refractivity (Wildman–Crippen MR) is 111 cm³/mol. The quantitative estimate of drug-likeness (QED) is 0.798. The number of hydrogen-bond acceptors (Lipinski definition) is 3. The number of para-hydroxylation sites is 1. The Morgan fingerprint density at radius 2 is 1.86 bits per heavy atom. The van der Waals surface area contributed by atoms with Gasteiger partial charge in [0.2, 0.25) is 0 Å². The number of rotatable bonds is 7. The van der Waals surface area contributed by atoms with Crippen LogP contribution in [0.4, 0.5) is 0 Å². The Morgan fingerprint density at radius 3 is 2.50 bits per heavy atom. The van der Waals surface area contributed by atoms with Crippen LogP contribution in [0.2, 0.25) is 0 Å². The van der Waals surface area contributed by atoms with E-state index in [-0.39, 0.29) is 5.91 Å². The number of nitrogens with one attached hydrogen (secondary N) is 1. The molecular formula is C23H29N2O3+. The molecule has 1 N–H and O–H groups in total. The van der Waals surface area contributed by atoms with Gasteiger partial charge < -0.3 is 19.3 Å². The molecule has 28 heavy (non-hydrogen) atoms. The van der Waals surface area contributed by atoms with Crippen molar-refractivity contribution in [1.82, 2.24) is 4.90 Å². The maximum absolute atomic E-state index is 12.7. The van der Waals surface area contributed by atoms with Crippen molar-refractivity contribution in [2.75, 3.05) is 40.9 Å². The topological polar surface area (TPSA) is 43.2 Å². The van der Waals surface area contributed by atoms with E-state index in [9.17, 15) is 4.79 Å². The Hall–Kier alpha value is -2.79. The molecule has 5 heteroatoms.